The van der Waals surface area contributed by atoms with Gasteiger partial charge in [-0.15, -0.1) is 11.8 Å². The molecule has 0 fully saturated rings. The van der Waals surface area contributed by atoms with Crippen LogP contribution in [0.4, 0.5) is 5.69 Å². The molecule has 1 N–H and O–H groups in total. The predicted octanol–water partition coefficient (Wildman–Crippen LogP) is 4.23. The number of hydrogen-bond acceptors (Lipinski definition) is 6. The molecule has 0 spiro atoms. The Bertz CT molecular complexity index is 943. The van der Waals surface area contributed by atoms with Crippen molar-refractivity contribution in [3.63, 3.8) is 0 Å². The fraction of sp³-hybridized carbons (Fsp3) is 0.350. The maximum Gasteiger partial charge on any atom is 0.225 e. The van der Waals surface area contributed by atoms with E-state index in [1.54, 1.807) is 12.1 Å². The Morgan fingerprint density at radius 3 is 2.79 bits per heavy atom. The fourth-order valence-corrected chi connectivity index (χ4v) is 4.21. The van der Waals surface area contributed by atoms with Crippen LogP contribution in [-0.2, 0) is 17.6 Å². The summed E-state index contributed by atoms with van der Waals surface area (Å²) < 4.78 is 10.4. The summed E-state index contributed by atoms with van der Waals surface area (Å²) in [5.74, 6) is 1.28. The van der Waals surface area contributed by atoms with E-state index in [2.05, 4.69) is 16.4 Å². The zero-order valence-corrected chi connectivity index (χ0v) is 17.2. The van der Waals surface area contributed by atoms with Gasteiger partial charge >= 0.3 is 0 Å². The van der Waals surface area contributed by atoms with Gasteiger partial charge in [0.05, 0.1) is 30.5 Å². The quantitative estimate of drug-likeness (QED) is 0.678. The molecule has 0 unspecified atom stereocenters. The lowest BCUT2D eigenvalue weighted by Gasteiger charge is -2.13. The first-order valence-electron chi connectivity index (χ1n) is 8.82. The molecule has 1 amide bonds. The number of halogens is 1. The van der Waals surface area contributed by atoms with Gasteiger partial charge in [0.25, 0.3) is 0 Å². The molecule has 8 heteroatoms. The van der Waals surface area contributed by atoms with Crippen LogP contribution in [0, 0.1) is 11.3 Å². The molecule has 1 aliphatic carbocycles. The lowest BCUT2D eigenvalue weighted by molar-refractivity contribution is -0.115. The zero-order chi connectivity index (χ0) is 20.1. The number of carbonyl (C=O) groups is 1. The van der Waals surface area contributed by atoms with Crippen LogP contribution in [0.2, 0.25) is 5.02 Å². The van der Waals surface area contributed by atoms with Crippen molar-refractivity contribution >= 4 is 35.0 Å². The summed E-state index contributed by atoms with van der Waals surface area (Å²) >= 11 is 7.56. The molecule has 2 aromatic rings. The molecule has 28 heavy (non-hydrogen) atoms. The van der Waals surface area contributed by atoms with Crippen LogP contribution in [0.15, 0.2) is 23.2 Å². The Labute approximate surface area is 173 Å². The third kappa shape index (κ3) is 4.51. The molecule has 0 atom stereocenters. The molecule has 1 heterocycles. The van der Waals surface area contributed by atoms with Gasteiger partial charge in [-0.25, -0.2) is 4.98 Å². The number of hydrogen-bond donors (Lipinski definition) is 1. The number of fused-ring (bicyclic) bond motifs is 1. The zero-order valence-electron chi connectivity index (χ0n) is 15.7. The normalized spacial score (nSPS) is 12.2. The van der Waals surface area contributed by atoms with Crippen LogP contribution in [0.1, 0.15) is 29.7 Å². The van der Waals surface area contributed by atoms with Crippen molar-refractivity contribution in [2.45, 2.75) is 30.7 Å². The number of benzene rings is 1. The summed E-state index contributed by atoms with van der Waals surface area (Å²) in [5.41, 5.74) is 3.30. The van der Waals surface area contributed by atoms with Crippen LogP contribution >= 0.6 is 23.4 Å². The van der Waals surface area contributed by atoms with Crippen molar-refractivity contribution in [3.05, 3.63) is 40.0 Å². The van der Waals surface area contributed by atoms with Gasteiger partial charge in [0.2, 0.25) is 5.91 Å². The highest BCUT2D eigenvalue weighted by atomic mass is 35.5. The SMILES string of the molecule is COc1cc(OC)c(NC(=O)CCSc2nc3c(cc2C#N)CCC3)cc1Cl. The Morgan fingerprint density at radius 1 is 1.29 bits per heavy atom. The number of carbonyl (C=O) groups excluding carboxylic acids is 1. The number of thioether (sulfide) groups is 1. The third-order valence-corrected chi connectivity index (χ3v) is 5.74. The summed E-state index contributed by atoms with van der Waals surface area (Å²) in [6.45, 7) is 0. The van der Waals surface area contributed by atoms with Crippen molar-refractivity contribution in [1.29, 1.82) is 5.26 Å². The number of aryl methyl sites for hydroxylation is 2. The van der Waals surface area contributed by atoms with Crippen LogP contribution in [0.25, 0.3) is 0 Å². The monoisotopic (exact) mass is 417 g/mol. The van der Waals surface area contributed by atoms with E-state index in [1.165, 1.54) is 31.5 Å². The predicted molar refractivity (Wildman–Crippen MR) is 110 cm³/mol. The molecule has 1 aromatic heterocycles. The van der Waals surface area contributed by atoms with E-state index in [0.717, 1.165) is 25.0 Å². The average Bonchev–Trinajstić information content (AvgIpc) is 3.14. The second kappa shape index (κ2) is 9.18. The number of rotatable bonds is 7. The first-order chi connectivity index (χ1) is 13.5. The van der Waals surface area contributed by atoms with E-state index in [4.69, 9.17) is 21.1 Å². The molecule has 0 aliphatic heterocycles. The number of nitrogens with zero attached hydrogens (tertiary/aromatic N) is 2. The smallest absolute Gasteiger partial charge is 0.225 e. The van der Waals surface area contributed by atoms with E-state index in [1.807, 2.05) is 6.07 Å². The molecule has 6 nitrogen and oxygen atoms in total. The van der Waals surface area contributed by atoms with E-state index in [0.29, 0.717) is 38.6 Å². The summed E-state index contributed by atoms with van der Waals surface area (Å²) in [7, 11) is 3.02. The summed E-state index contributed by atoms with van der Waals surface area (Å²) in [4.78, 5) is 17.0. The van der Waals surface area contributed by atoms with Gasteiger partial charge in [-0.1, -0.05) is 11.6 Å². The van der Waals surface area contributed by atoms with E-state index in [9.17, 15) is 10.1 Å². The van der Waals surface area contributed by atoms with Crippen LogP contribution in [-0.4, -0.2) is 30.9 Å². The molecular weight excluding hydrogens is 398 g/mol. The van der Waals surface area contributed by atoms with Crippen molar-refractivity contribution in [1.82, 2.24) is 4.98 Å². The summed E-state index contributed by atoms with van der Waals surface area (Å²) in [5, 5.41) is 13.2. The minimum absolute atomic E-state index is 0.174. The standard InChI is InChI=1S/C20H20ClN3O3S/c1-26-17-10-18(27-2)16(9-14(17)21)23-19(25)6-7-28-20-13(11-22)8-12-4-3-5-15(12)24-20/h8-10H,3-7H2,1-2H3,(H,23,25). The van der Waals surface area contributed by atoms with E-state index >= 15 is 0 Å². The van der Waals surface area contributed by atoms with E-state index in [-0.39, 0.29) is 12.3 Å². The number of nitriles is 1. The van der Waals surface area contributed by atoms with Gasteiger partial charge in [-0.05, 0) is 37.0 Å². The number of pyridine rings is 1. The minimum atomic E-state index is -0.174. The van der Waals surface area contributed by atoms with Crippen molar-refractivity contribution in [2.75, 3.05) is 25.3 Å². The molecule has 0 bridgehead atoms. The van der Waals surface area contributed by atoms with Gasteiger partial charge in [0.15, 0.2) is 0 Å². The largest absolute Gasteiger partial charge is 0.495 e. The van der Waals surface area contributed by atoms with Gasteiger partial charge in [0.1, 0.15) is 22.6 Å². The number of anilines is 1. The summed E-state index contributed by atoms with van der Waals surface area (Å²) in [6.07, 6.45) is 3.28. The number of ether oxygens (including phenoxy) is 2. The number of nitrogens with one attached hydrogen (secondary N) is 1. The highest BCUT2D eigenvalue weighted by molar-refractivity contribution is 7.99. The van der Waals surface area contributed by atoms with Crippen molar-refractivity contribution in [2.24, 2.45) is 0 Å². The molecule has 0 saturated carbocycles. The lowest BCUT2D eigenvalue weighted by Crippen LogP contribution is -2.13. The molecular formula is C20H20ClN3O3S. The lowest BCUT2D eigenvalue weighted by atomic mass is 10.2. The van der Waals surface area contributed by atoms with Crippen molar-refractivity contribution in [3.8, 4) is 17.6 Å². The highest BCUT2D eigenvalue weighted by Gasteiger charge is 2.17. The Hall–Kier alpha value is -2.43. The van der Waals surface area contributed by atoms with Crippen LogP contribution in [0.3, 0.4) is 0 Å². The highest BCUT2D eigenvalue weighted by Crippen LogP contribution is 2.36. The fourth-order valence-electron chi connectivity index (χ4n) is 3.05. The molecule has 146 valence electrons. The first-order valence-corrected chi connectivity index (χ1v) is 10.2. The number of amides is 1. The van der Waals surface area contributed by atoms with Crippen LogP contribution in [0.5, 0.6) is 11.5 Å². The Kier molecular flexibility index (Phi) is 6.65. The Morgan fingerprint density at radius 2 is 2.07 bits per heavy atom. The summed E-state index contributed by atoms with van der Waals surface area (Å²) in [6, 6.07) is 7.36. The number of aromatic nitrogens is 1. The van der Waals surface area contributed by atoms with E-state index < -0.39 is 0 Å². The maximum atomic E-state index is 12.3. The molecule has 3 rings (SSSR count). The topological polar surface area (TPSA) is 84.2 Å². The molecule has 0 radical (unpaired) electrons. The third-order valence-electron chi connectivity index (χ3n) is 4.45. The molecule has 0 saturated heterocycles. The van der Waals surface area contributed by atoms with Crippen LogP contribution < -0.4 is 14.8 Å². The second-order valence-corrected chi connectivity index (χ2v) is 7.74. The van der Waals surface area contributed by atoms with Gasteiger partial charge in [-0.2, -0.15) is 5.26 Å². The first kappa shape index (κ1) is 20.3. The van der Waals surface area contributed by atoms with Gasteiger partial charge < -0.3 is 14.8 Å². The van der Waals surface area contributed by atoms with Gasteiger partial charge in [0, 0.05) is 23.9 Å². The molecule has 1 aliphatic rings. The maximum absolute atomic E-state index is 12.3. The van der Waals surface area contributed by atoms with Gasteiger partial charge in [-0.3, -0.25) is 4.79 Å². The number of methoxy groups -OCH3 is 2. The Balaban J connectivity index is 1.62. The average molecular weight is 418 g/mol. The van der Waals surface area contributed by atoms with Crippen molar-refractivity contribution < 1.29 is 14.3 Å². The second-order valence-electron chi connectivity index (χ2n) is 6.25. The molecule has 1 aromatic carbocycles. The minimum Gasteiger partial charge on any atom is -0.495 e.